The highest BCUT2D eigenvalue weighted by molar-refractivity contribution is 6.30. The zero-order valence-corrected chi connectivity index (χ0v) is 19.7. The summed E-state index contributed by atoms with van der Waals surface area (Å²) in [6, 6.07) is 17.5. The predicted octanol–water partition coefficient (Wildman–Crippen LogP) is 5.77. The molecular weight excluding hydrogens is 470 g/mol. The van der Waals surface area contributed by atoms with Crippen molar-refractivity contribution in [1.82, 2.24) is 4.90 Å². The molecule has 0 aliphatic carbocycles. The van der Waals surface area contributed by atoms with Crippen molar-refractivity contribution in [2.75, 3.05) is 13.3 Å². The lowest BCUT2D eigenvalue weighted by Gasteiger charge is -2.29. The molecular formula is C27H22ClNO6. The maximum Gasteiger partial charge on any atom is 0.338 e. The molecule has 178 valence electrons. The third-order valence-electron chi connectivity index (χ3n) is 5.67. The van der Waals surface area contributed by atoms with E-state index < -0.39 is 5.97 Å². The maximum absolute atomic E-state index is 13.2. The van der Waals surface area contributed by atoms with Gasteiger partial charge in [-0.1, -0.05) is 23.7 Å². The molecule has 3 aromatic carbocycles. The Balaban J connectivity index is 1.38. The number of nitrogens with zero attached hydrogens (tertiary/aromatic N) is 1. The minimum Gasteiger partial charge on any atom is -0.478 e. The maximum atomic E-state index is 13.2. The number of hydrogen-bond acceptors (Lipinski definition) is 7. The van der Waals surface area contributed by atoms with E-state index >= 15 is 0 Å². The summed E-state index contributed by atoms with van der Waals surface area (Å²) in [6.45, 7) is 3.69. The standard InChI is InChI=1S/C27H22ClNO6/c1-2-32-27(31)18-5-9-20(10-6-18)35-24-15-33-26-21(25(24)30)11-12-23-22(26)14-29(16-34-23)13-17-3-7-19(28)8-4-17/h3-12,15H,2,13-14,16H2,1H3. The zero-order valence-electron chi connectivity index (χ0n) is 19.0. The van der Waals surface area contributed by atoms with Crippen molar-refractivity contribution in [3.63, 3.8) is 0 Å². The minimum absolute atomic E-state index is 0.0519. The molecule has 0 radical (unpaired) electrons. The van der Waals surface area contributed by atoms with Gasteiger partial charge in [0.2, 0.25) is 11.2 Å². The van der Waals surface area contributed by atoms with Crippen LogP contribution in [0.15, 0.2) is 76.1 Å². The number of carbonyl (C=O) groups excluding carboxylic acids is 1. The fraction of sp³-hybridized carbons (Fsp3) is 0.185. The van der Waals surface area contributed by atoms with Crippen molar-refractivity contribution in [1.29, 1.82) is 0 Å². The molecule has 0 amide bonds. The van der Waals surface area contributed by atoms with Gasteiger partial charge in [0.25, 0.3) is 0 Å². The van der Waals surface area contributed by atoms with Gasteiger partial charge in [-0.2, -0.15) is 0 Å². The average molecular weight is 492 g/mol. The Morgan fingerprint density at radius 1 is 1.06 bits per heavy atom. The second kappa shape index (κ2) is 9.82. The molecule has 0 saturated carbocycles. The lowest BCUT2D eigenvalue weighted by atomic mass is 10.1. The first-order chi connectivity index (χ1) is 17.0. The van der Waals surface area contributed by atoms with Crippen LogP contribution in [0.4, 0.5) is 0 Å². The SMILES string of the molecule is CCOC(=O)c1ccc(Oc2coc3c4c(ccc3c2=O)OCN(Cc2ccc(Cl)cc2)C4)cc1. The molecule has 4 aromatic rings. The topological polar surface area (TPSA) is 78.2 Å². The highest BCUT2D eigenvalue weighted by Gasteiger charge is 2.23. The molecule has 1 aliphatic heterocycles. The van der Waals surface area contributed by atoms with E-state index in [1.54, 1.807) is 43.3 Å². The number of fused-ring (bicyclic) bond motifs is 3. The Hall–Kier alpha value is -3.81. The van der Waals surface area contributed by atoms with Gasteiger partial charge in [0.05, 0.1) is 23.1 Å². The number of ether oxygens (including phenoxy) is 3. The summed E-state index contributed by atoms with van der Waals surface area (Å²) in [5.74, 6) is 0.730. The fourth-order valence-corrected chi connectivity index (χ4v) is 4.08. The van der Waals surface area contributed by atoms with Crippen LogP contribution in [0.3, 0.4) is 0 Å². The van der Waals surface area contributed by atoms with Crippen molar-refractivity contribution in [2.45, 2.75) is 20.0 Å². The lowest BCUT2D eigenvalue weighted by molar-refractivity contribution is 0.0526. The highest BCUT2D eigenvalue weighted by atomic mass is 35.5. The first-order valence-electron chi connectivity index (χ1n) is 11.1. The average Bonchev–Trinajstić information content (AvgIpc) is 2.87. The highest BCUT2D eigenvalue weighted by Crippen LogP contribution is 2.33. The Morgan fingerprint density at radius 3 is 2.57 bits per heavy atom. The van der Waals surface area contributed by atoms with Crippen LogP contribution in [-0.4, -0.2) is 24.2 Å². The molecule has 8 heteroatoms. The van der Waals surface area contributed by atoms with Gasteiger partial charge in [0.1, 0.15) is 30.1 Å². The van der Waals surface area contributed by atoms with Gasteiger partial charge in [0, 0.05) is 18.1 Å². The van der Waals surface area contributed by atoms with Crippen LogP contribution in [0, 0.1) is 0 Å². The molecule has 35 heavy (non-hydrogen) atoms. The Labute approximate surface area is 206 Å². The Kier molecular flexibility index (Phi) is 6.44. The summed E-state index contributed by atoms with van der Waals surface area (Å²) in [5, 5.41) is 1.09. The summed E-state index contributed by atoms with van der Waals surface area (Å²) in [7, 11) is 0. The van der Waals surface area contributed by atoms with Crippen LogP contribution in [0.1, 0.15) is 28.4 Å². The van der Waals surface area contributed by atoms with Crippen molar-refractivity contribution in [3.8, 4) is 17.2 Å². The van der Waals surface area contributed by atoms with E-state index in [1.165, 1.54) is 6.26 Å². The van der Waals surface area contributed by atoms with E-state index in [9.17, 15) is 9.59 Å². The fourth-order valence-electron chi connectivity index (χ4n) is 3.96. The van der Waals surface area contributed by atoms with Crippen LogP contribution >= 0.6 is 11.6 Å². The summed E-state index contributed by atoms with van der Waals surface area (Å²) < 4.78 is 22.5. The molecule has 0 fully saturated rings. The Morgan fingerprint density at radius 2 is 1.83 bits per heavy atom. The van der Waals surface area contributed by atoms with Crippen molar-refractivity contribution >= 4 is 28.5 Å². The largest absolute Gasteiger partial charge is 0.478 e. The van der Waals surface area contributed by atoms with E-state index in [4.69, 9.17) is 30.2 Å². The molecule has 0 N–H and O–H groups in total. The minimum atomic E-state index is -0.415. The molecule has 0 atom stereocenters. The van der Waals surface area contributed by atoms with E-state index in [-0.39, 0.29) is 11.2 Å². The van der Waals surface area contributed by atoms with Gasteiger partial charge in [-0.25, -0.2) is 4.79 Å². The van der Waals surface area contributed by atoms with Gasteiger partial charge in [-0.05, 0) is 61.0 Å². The molecule has 0 bridgehead atoms. The van der Waals surface area contributed by atoms with E-state index in [1.807, 2.05) is 24.3 Å². The quantitative estimate of drug-likeness (QED) is 0.317. The van der Waals surface area contributed by atoms with E-state index in [0.29, 0.717) is 59.5 Å². The number of carbonyl (C=O) groups is 1. The van der Waals surface area contributed by atoms with Crippen molar-refractivity contribution in [3.05, 3.63) is 98.9 Å². The van der Waals surface area contributed by atoms with Gasteiger partial charge < -0.3 is 18.6 Å². The molecule has 7 nitrogen and oxygen atoms in total. The summed E-state index contributed by atoms with van der Waals surface area (Å²) >= 11 is 5.99. The van der Waals surface area contributed by atoms with Crippen LogP contribution in [0.25, 0.3) is 11.0 Å². The second-order valence-corrected chi connectivity index (χ2v) is 8.52. The van der Waals surface area contributed by atoms with Crippen LogP contribution in [-0.2, 0) is 17.8 Å². The first kappa shape index (κ1) is 23.0. The third kappa shape index (κ3) is 4.87. The number of hydrogen-bond donors (Lipinski definition) is 0. The number of esters is 1. The first-order valence-corrected chi connectivity index (χ1v) is 11.5. The summed E-state index contributed by atoms with van der Waals surface area (Å²) in [4.78, 5) is 27.1. The van der Waals surface area contributed by atoms with Crippen molar-refractivity contribution < 1.29 is 23.4 Å². The lowest BCUT2D eigenvalue weighted by Crippen LogP contribution is -2.31. The molecule has 0 spiro atoms. The number of benzene rings is 3. The summed E-state index contributed by atoms with van der Waals surface area (Å²) in [5.41, 5.74) is 2.49. The van der Waals surface area contributed by atoms with Gasteiger partial charge in [0.15, 0.2) is 0 Å². The third-order valence-corrected chi connectivity index (χ3v) is 5.92. The van der Waals surface area contributed by atoms with Crippen LogP contribution in [0.2, 0.25) is 5.02 Å². The molecule has 2 heterocycles. The zero-order chi connectivity index (χ0) is 24.4. The molecule has 5 rings (SSSR count). The predicted molar refractivity (Wildman–Crippen MR) is 131 cm³/mol. The van der Waals surface area contributed by atoms with E-state index in [0.717, 1.165) is 11.1 Å². The number of halogens is 1. The monoisotopic (exact) mass is 491 g/mol. The van der Waals surface area contributed by atoms with Gasteiger partial charge in [-0.15, -0.1) is 0 Å². The van der Waals surface area contributed by atoms with Crippen LogP contribution in [0.5, 0.6) is 17.2 Å². The molecule has 0 unspecified atom stereocenters. The normalized spacial score (nSPS) is 13.2. The molecule has 1 aliphatic rings. The van der Waals surface area contributed by atoms with E-state index in [2.05, 4.69) is 4.90 Å². The van der Waals surface area contributed by atoms with Gasteiger partial charge >= 0.3 is 5.97 Å². The summed E-state index contributed by atoms with van der Waals surface area (Å²) in [6.07, 6.45) is 1.31. The van der Waals surface area contributed by atoms with Crippen LogP contribution < -0.4 is 14.9 Å². The molecule has 0 saturated heterocycles. The van der Waals surface area contributed by atoms with Crippen molar-refractivity contribution in [2.24, 2.45) is 0 Å². The smallest absolute Gasteiger partial charge is 0.338 e. The van der Waals surface area contributed by atoms with Gasteiger partial charge in [-0.3, -0.25) is 9.69 Å². The molecule has 1 aromatic heterocycles. The Bertz CT molecular complexity index is 1430. The number of rotatable bonds is 6. The second-order valence-electron chi connectivity index (χ2n) is 8.08.